The van der Waals surface area contributed by atoms with Gasteiger partial charge in [-0.15, -0.1) is 0 Å². The van der Waals surface area contributed by atoms with Crippen LogP contribution in [0.2, 0.25) is 5.02 Å². The summed E-state index contributed by atoms with van der Waals surface area (Å²) in [5.74, 6) is 0.0741. The van der Waals surface area contributed by atoms with E-state index in [9.17, 15) is 13.2 Å². The van der Waals surface area contributed by atoms with E-state index in [2.05, 4.69) is 41.0 Å². The third kappa shape index (κ3) is 6.70. The van der Waals surface area contributed by atoms with Crippen molar-refractivity contribution < 1.29 is 27.4 Å². The Morgan fingerprint density at radius 1 is 1.05 bits per heavy atom. The zero-order chi connectivity index (χ0) is 27.3. The van der Waals surface area contributed by atoms with Crippen molar-refractivity contribution in [3.05, 3.63) is 76.0 Å². The van der Waals surface area contributed by atoms with E-state index < -0.39 is 15.9 Å². The molecule has 0 saturated carbocycles. The highest BCUT2D eigenvalue weighted by molar-refractivity contribution is 9.10. The monoisotopic (exact) mass is 622 g/mol. The summed E-state index contributed by atoms with van der Waals surface area (Å²) in [6, 6.07) is 13.5. The lowest BCUT2D eigenvalue weighted by Crippen LogP contribution is -2.16. The Kier molecular flexibility index (Phi) is 8.34. The number of hydrogen-bond acceptors (Lipinski definition) is 9. The molecule has 0 bridgehead atoms. The van der Waals surface area contributed by atoms with Gasteiger partial charge in [0.05, 0.1) is 24.1 Å². The number of methoxy groups -OCH3 is 2. The number of aromatic nitrogens is 4. The molecular weight excluding hydrogens is 604 g/mol. The lowest BCUT2D eigenvalue weighted by molar-refractivity contribution is 0.102. The van der Waals surface area contributed by atoms with Crippen LogP contribution in [0.15, 0.2) is 70.2 Å². The van der Waals surface area contributed by atoms with Crippen LogP contribution in [0.25, 0.3) is 0 Å². The maximum atomic E-state index is 12.8. The molecule has 0 aliphatic carbocycles. The van der Waals surface area contributed by atoms with Crippen molar-refractivity contribution in [2.75, 3.05) is 24.3 Å². The van der Waals surface area contributed by atoms with E-state index in [1.165, 1.54) is 55.3 Å². The Bertz CT molecular complexity index is 1540. The third-order valence-corrected chi connectivity index (χ3v) is 7.01. The van der Waals surface area contributed by atoms with Gasteiger partial charge in [0.2, 0.25) is 5.88 Å². The SMILES string of the molecule is COc1cc(NS(=O)(=O)c2ccc(NC(=O)c3ccn(COc4ccc(Br)cc4Cl)n3)cc2)nc(OC)n1. The van der Waals surface area contributed by atoms with Crippen molar-refractivity contribution in [1.29, 1.82) is 0 Å². The van der Waals surface area contributed by atoms with Gasteiger partial charge in [0.25, 0.3) is 15.9 Å². The van der Waals surface area contributed by atoms with Crippen LogP contribution in [0.1, 0.15) is 10.5 Å². The van der Waals surface area contributed by atoms with Crippen molar-refractivity contribution in [3.63, 3.8) is 0 Å². The van der Waals surface area contributed by atoms with Crippen LogP contribution < -0.4 is 24.2 Å². The number of nitrogens with one attached hydrogen (secondary N) is 2. The second-order valence-electron chi connectivity index (χ2n) is 7.45. The molecule has 0 unspecified atom stereocenters. The summed E-state index contributed by atoms with van der Waals surface area (Å²) in [4.78, 5) is 20.4. The van der Waals surface area contributed by atoms with E-state index in [1.807, 2.05) is 0 Å². The molecule has 0 spiro atoms. The summed E-state index contributed by atoms with van der Waals surface area (Å²) < 4.78 is 45.8. The molecule has 1 amide bonds. The van der Waals surface area contributed by atoms with Gasteiger partial charge in [0, 0.05) is 22.4 Å². The van der Waals surface area contributed by atoms with Crippen molar-refractivity contribution in [2.24, 2.45) is 0 Å². The molecule has 0 aliphatic rings. The van der Waals surface area contributed by atoms with Crippen LogP contribution in [0, 0.1) is 0 Å². The molecule has 0 atom stereocenters. The van der Waals surface area contributed by atoms with Gasteiger partial charge in [-0.05, 0) is 48.5 Å². The number of nitrogens with zero attached hydrogens (tertiary/aromatic N) is 4. The number of amides is 1. The fraction of sp³-hybridized carbons (Fsp3) is 0.130. The molecule has 2 aromatic carbocycles. The van der Waals surface area contributed by atoms with Gasteiger partial charge in [0.15, 0.2) is 18.2 Å². The molecule has 2 heterocycles. The van der Waals surface area contributed by atoms with Crippen LogP contribution in [0.4, 0.5) is 11.5 Å². The van der Waals surface area contributed by atoms with E-state index >= 15 is 0 Å². The van der Waals surface area contributed by atoms with Crippen molar-refractivity contribution in [2.45, 2.75) is 11.6 Å². The smallest absolute Gasteiger partial charge is 0.321 e. The van der Waals surface area contributed by atoms with E-state index in [4.69, 9.17) is 25.8 Å². The zero-order valence-electron chi connectivity index (χ0n) is 19.9. The Balaban J connectivity index is 1.38. The Morgan fingerprint density at radius 2 is 1.82 bits per heavy atom. The summed E-state index contributed by atoms with van der Waals surface area (Å²) in [6.45, 7) is 0.0400. The molecule has 38 heavy (non-hydrogen) atoms. The lowest BCUT2D eigenvalue weighted by atomic mass is 10.3. The predicted octanol–water partition coefficient (Wildman–Crippen LogP) is 4.20. The number of halogens is 2. The first kappa shape index (κ1) is 27.2. The fourth-order valence-electron chi connectivity index (χ4n) is 3.04. The molecule has 15 heteroatoms. The average molecular weight is 624 g/mol. The first-order valence-electron chi connectivity index (χ1n) is 10.7. The van der Waals surface area contributed by atoms with Gasteiger partial charge >= 0.3 is 6.01 Å². The summed E-state index contributed by atoms with van der Waals surface area (Å²) in [7, 11) is -1.27. The van der Waals surface area contributed by atoms with Crippen LogP contribution in [0.3, 0.4) is 0 Å². The second kappa shape index (κ2) is 11.7. The summed E-state index contributed by atoms with van der Waals surface area (Å²) in [6.07, 6.45) is 1.58. The number of benzene rings is 2. The quantitative estimate of drug-likeness (QED) is 0.265. The Morgan fingerprint density at radius 3 is 2.50 bits per heavy atom. The second-order valence-corrected chi connectivity index (χ2v) is 10.5. The molecule has 0 fully saturated rings. The first-order valence-corrected chi connectivity index (χ1v) is 13.3. The molecule has 0 aliphatic heterocycles. The molecule has 2 aromatic heterocycles. The number of hydrogen-bond donors (Lipinski definition) is 2. The minimum atomic E-state index is -4.00. The number of carbonyl (C=O) groups is 1. The zero-order valence-corrected chi connectivity index (χ0v) is 23.0. The van der Waals surface area contributed by atoms with Gasteiger partial charge < -0.3 is 19.5 Å². The standard InChI is InChI=1S/C23H20BrClN6O6S/c1-35-21-12-20(27-23(28-21)36-2)30-38(33,34)16-6-4-15(5-7-16)26-22(32)18-9-10-31(29-18)13-37-19-8-3-14(24)11-17(19)25/h3-12H,13H2,1-2H3,(H,26,32)(H,27,28,30). The third-order valence-electron chi connectivity index (χ3n) is 4.85. The summed E-state index contributed by atoms with van der Waals surface area (Å²) in [5.41, 5.74) is 0.507. The molecule has 4 aromatic rings. The summed E-state index contributed by atoms with van der Waals surface area (Å²) in [5, 5.41) is 7.29. The van der Waals surface area contributed by atoms with Gasteiger partial charge in [0.1, 0.15) is 5.75 Å². The van der Waals surface area contributed by atoms with E-state index in [1.54, 1.807) is 24.4 Å². The molecular formula is C23H20BrClN6O6S. The fourth-order valence-corrected chi connectivity index (χ4v) is 4.76. The minimum absolute atomic E-state index is 0.0342. The minimum Gasteiger partial charge on any atom is -0.481 e. The van der Waals surface area contributed by atoms with Gasteiger partial charge in [-0.1, -0.05) is 27.5 Å². The van der Waals surface area contributed by atoms with E-state index in [-0.39, 0.29) is 35.0 Å². The summed E-state index contributed by atoms with van der Waals surface area (Å²) >= 11 is 9.47. The van der Waals surface area contributed by atoms with Crippen LogP contribution in [-0.2, 0) is 16.8 Å². The molecule has 198 valence electrons. The Hall–Kier alpha value is -3.88. The predicted molar refractivity (Wildman–Crippen MR) is 142 cm³/mol. The first-order chi connectivity index (χ1) is 18.2. The van der Waals surface area contributed by atoms with Crippen molar-refractivity contribution >= 4 is 55.0 Å². The van der Waals surface area contributed by atoms with E-state index in [0.717, 1.165) is 4.47 Å². The van der Waals surface area contributed by atoms with Crippen LogP contribution in [-0.4, -0.2) is 48.3 Å². The van der Waals surface area contributed by atoms with Gasteiger partial charge in [-0.2, -0.15) is 15.1 Å². The maximum absolute atomic E-state index is 12.8. The average Bonchev–Trinajstić information content (AvgIpc) is 3.37. The van der Waals surface area contributed by atoms with Crippen molar-refractivity contribution in [1.82, 2.24) is 19.7 Å². The van der Waals surface area contributed by atoms with Crippen LogP contribution >= 0.6 is 27.5 Å². The van der Waals surface area contributed by atoms with E-state index in [0.29, 0.717) is 16.5 Å². The lowest BCUT2D eigenvalue weighted by Gasteiger charge is -2.10. The van der Waals surface area contributed by atoms with Gasteiger partial charge in [-0.3, -0.25) is 9.52 Å². The number of sulfonamides is 1. The highest BCUT2D eigenvalue weighted by Gasteiger charge is 2.18. The Labute approximate surface area is 231 Å². The molecule has 4 rings (SSSR count). The molecule has 0 radical (unpaired) electrons. The number of rotatable bonds is 10. The number of anilines is 2. The van der Waals surface area contributed by atoms with Crippen molar-refractivity contribution in [3.8, 4) is 17.6 Å². The highest BCUT2D eigenvalue weighted by atomic mass is 79.9. The number of carbonyl (C=O) groups excluding carboxylic acids is 1. The normalized spacial score (nSPS) is 11.1. The van der Waals surface area contributed by atoms with Gasteiger partial charge in [-0.25, -0.2) is 13.1 Å². The molecule has 12 nitrogen and oxygen atoms in total. The largest absolute Gasteiger partial charge is 0.481 e. The highest BCUT2D eigenvalue weighted by Crippen LogP contribution is 2.28. The molecule has 2 N–H and O–H groups in total. The maximum Gasteiger partial charge on any atom is 0.321 e. The van der Waals surface area contributed by atoms with Crippen LogP contribution in [0.5, 0.6) is 17.6 Å². The molecule has 0 saturated heterocycles. The topological polar surface area (TPSA) is 147 Å². The number of ether oxygens (including phenoxy) is 3.